The smallest absolute Gasteiger partial charge is 0.331 e. The van der Waals surface area contributed by atoms with Gasteiger partial charge < -0.3 is 9.64 Å². The molecule has 3 aromatic rings. The second-order valence-electron chi connectivity index (χ2n) is 9.67. The molecule has 1 aliphatic carbocycles. The Labute approximate surface area is 241 Å². The molecule has 40 heavy (non-hydrogen) atoms. The number of halogens is 1. The third-order valence-electron chi connectivity index (χ3n) is 7.44. The van der Waals surface area contributed by atoms with Crippen LogP contribution < -0.4 is 4.90 Å². The Morgan fingerprint density at radius 3 is 2.33 bits per heavy atom. The summed E-state index contributed by atoms with van der Waals surface area (Å²) in [4.78, 5) is 33.7. The first-order valence-corrected chi connectivity index (χ1v) is 13.6. The van der Waals surface area contributed by atoms with Crippen molar-refractivity contribution in [2.45, 2.75) is 31.8 Å². The number of aliphatic imine (C=N–C) groups is 1. The summed E-state index contributed by atoms with van der Waals surface area (Å²) in [6.45, 7) is 2.28. The van der Waals surface area contributed by atoms with Gasteiger partial charge in [-0.05, 0) is 47.7 Å². The van der Waals surface area contributed by atoms with E-state index in [4.69, 9.17) is 9.73 Å². The molecule has 1 heterocycles. The lowest BCUT2D eigenvalue weighted by molar-refractivity contribution is -0.137. The number of anilines is 1. The number of fused-ring (bicyclic) bond motifs is 2. The van der Waals surface area contributed by atoms with Gasteiger partial charge in [0, 0.05) is 16.2 Å². The van der Waals surface area contributed by atoms with Gasteiger partial charge in [0.25, 0.3) is 0 Å². The molecule has 5 rings (SSSR count). The van der Waals surface area contributed by atoms with E-state index >= 15 is 0 Å². The summed E-state index contributed by atoms with van der Waals surface area (Å²) in [5.41, 5.74) is -0.183. The van der Waals surface area contributed by atoms with Gasteiger partial charge in [-0.25, -0.2) is 4.79 Å². The van der Waals surface area contributed by atoms with Gasteiger partial charge in [0.1, 0.15) is 5.41 Å². The highest BCUT2D eigenvalue weighted by molar-refractivity contribution is 9.10. The first-order chi connectivity index (χ1) is 19.4. The Balaban J connectivity index is 1.74. The third kappa shape index (κ3) is 4.31. The number of carbonyl (C=O) groups is 2. The molecule has 198 valence electrons. The van der Waals surface area contributed by atoms with Crippen molar-refractivity contribution in [3.8, 4) is 12.1 Å². The van der Waals surface area contributed by atoms with Gasteiger partial charge in [0.2, 0.25) is 11.3 Å². The van der Waals surface area contributed by atoms with Gasteiger partial charge in [0.05, 0.1) is 37.5 Å². The van der Waals surface area contributed by atoms with Crippen LogP contribution in [-0.4, -0.2) is 24.2 Å². The van der Waals surface area contributed by atoms with Crippen molar-refractivity contribution in [1.82, 2.24) is 0 Å². The highest BCUT2D eigenvalue weighted by Gasteiger charge is 2.71. The highest BCUT2D eigenvalue weighted by atomic mass is 79.9. The summed E-state index contributed by atoms with van der Waals surface area (Å²) >= 11 is 3.52. The van der Waals surface area contributed by atoms with Gasteiger partial charge >= 0.3 is 5.97 Å². The number of amides is 1. The Morgan fingerprint density at radius 1 is 1.05 bits per heavy atom. The zero-order chi connectivity index (χ0) is 28.3. The maximum absolute atomic E-state index is 14.6. The molecule has 0 bridgehead atoms. The van der Waals surface area contributed by atoms with Crippen molar-refractivity contribution < 1.29 is 14.3 Å². The van der Waals surface area contributed by atoms with E-state index in [1.165, 1.54) is 6.08 Å². The Kier molecular flexibility index (Phi) is 7.38. The molecule has 0 radical (unpaired) electrons. The zero-order valence-electron chi connectivity index (χ0n) is 21.8. The average Bonchev–Trinajstić information content (AvgIpc) is 3.37. The lowest BCUT2D eigenvalue weighted by Gasteiger charge is -2.32. The molecule has 0 saturated heterocycles. The second kappa shape index (κ2) is 10.9. The minimum Gasteiger partial charge on any atom is -0.463 e. The molecule has 0 aromatic heterocycles. The van der Waals surface area contributed by atoms with E-state index in [-0.39, 0.29) is 37.7 Å². The molecule has 1 atom stereocenters. The van der Waals surface area contributed by atoms with Gasteiger partial charge in [-0.2, -0.15) is 10.5 Å². The molecule has 1 unspecified atom stereocenters. The van der Waals surface area contributed by atoms with Crippen molar-refractivity contribution in [3.05, 3.63) is 112 Å². The van der Waals surface area contributed by atoms with Crippen LogP contribution in [0, 0.1) is 28.1 Å². The van der Waals surface area contributed by atoms with Crippen LogP contribution in [0.2, 0.25) is 0 Å². The number of rotatable bonds is 6. The molecule has 1 aliphatic heterocycles. The molecule has 7 nitrogen and oxygen atoms in total. The number of ether oxygens (including phenoxy) is 1. The van der Waals surface area contributed by atoms with E-state index in [0.717, 1.165) is 15.6 Å². The fourth-order valence-electron chi connectivity index (χ4n) is 5.69. The van der Waals surface area contributed by atoms with E-state index in [0.29, 0.717) is 16.8 Å². The van der Waals surface area contributed by atoms with Gasteiger partial charge in [0.15, 0.2) is 0 Å². The lowest BCUT2D eigenvalue weighted by Crippen LogP contribution is -2.50. The molecule has 1 saturated carbocycles. The maximum atomic E-state index is 14.6. The summed E-state index contributed by atoms with van der Waals surface area (Å²) in [5, 5.41) is 21.5. The first-order valence-electron chi connectivity index (χ1n) is 12.8. The number of carbonyl (C=O) groups excluding carboxylic acids is 2. The number of benzene rings is 3. The number of nitriles is 2. The molecule has 1 amide bonds. The van der Waals surface area contributed by atoms with Crippen LogP contribution in [-0.2, 0) is 32.8 Å². The van der Waals surface area contributed by atoms with E-state index in [2.05, 4.69) is 28.1 Å². The standard InChI is InChI=1S/C32H25BrN4O3/c1-2-40-28(38)15-24-17-32(31(20-34,21-35)29(24)36-18-22-9-5-3-6-10-22)26-14-13-25(33)16-27(26)37(30(32)39)19-23-11-7-4-8-12-23/h3-16H,2,17-19H2,1H3/b24-15-,36-29?. The van der Waals surface area contributed by atoms with Crippen molar-refractivity contribution in [1.29, 1.82) is 10.5 Å². The zero-order valence-corrected chi connectivity index (χ0v) is 23.4. The second-order valence-corrected chi connectivity index (χ2v) is 10.6. The van der Waals surface area contributed by atoms with Gasteiger partial charge in [-0.1, -0.05) is 82.7 Å². The minimum atomic E-state index is -1.98. The van der Waals surface area contributed by atoms with E-state index in [1.54, 1.807) is 24.0 Å². The normalized spacial score (nSPS) is 20.9. The molecule has 1 spiro atoms. The highest BCUT2D eigenvalue weighted by Crippen LogP contribution is 2.61. The summed E-state index contributed by atoms with van der Waals surface area (Å²) < 4.78 is 5.93. The van der Waals surface area contributed by atoms with Crippen LogP contribution >= 0.6 is 15.9 Å². The van der Waals surface area contributed by atoms with Crippen LogP contribution in [0.4, 0.5) is 5.69 Å². The number of nitrogens with zero attached hydrogens (tertiary/aromatic N) is 4. The number of esters is 1. The number of hydrogen-bond donors (Lipinski definition) is 0. The van der Waals surface area contributed by atoms with Crippen molar-refractivity contribution in [2.75, 3.05) is 11.5 Å². The van der Waals surface area contributed by atoms with Crippen molar-refractivity contribution in [2.24, 2.45) is 10.4 Å². The quantitative estimate of drug-likeness (QED) is 0.265. The van der Waals surface area contributed by atoms with Crippen LogP contribution in [0.15, 0.2) is 100.0 Å². The average molecular weight is 593 g/mol. The Morgan fingerprint density at radius 2 is 1.70 bits per heavy atom. The fourth-order valence-corrected chi connectivity index (χ4v) is 6.04. The first kappa shape index (κ1) is 27.1. The maximum Gasteiger partial charge on any atom is 0.331 e. The summed E-state index contributed by atoms with van der Waals surface area (Å²) in [5.74, 6) is -0.999. The van der Waals surface area contributed by atoms with Crippen molar-refractivity contribution in [3.63, 3.8) is 0 Å². The molecular weight excluding hydrogens is 568 g/mol. The minimum absolute atomic E-state index is 0.0423. The molecular formula is C32H25BrN4O3. The van der Waals surface area contributed by atoms with Crippen LogP contribution in [0.5, 0.6) is 0 Å². The van der Waals surface area contributed by atoms with Crippen LogP contribution in [0.25, 0.3) is 0 Å². The molecule has 1 fully saturated rings. The van der Waals surface area contributed by atoms with Gasteiger partial charge in [-0.15, -0.1) is 0 Å². The molecule has 0 N–H and O–H groups in total. The monoisotopic (exact) mass is 592 g/mol. The fraction of sp³-hybridized carbons (Fsp3) is 0.219. The molecule has 8 heteroatoms. The molecule has 3 aromatic carbocycles. The number of hydrogen-bond acceptors (Lipinski definition) is 6. The Bertz CT molecular complexity index is 1610. The Hall–Kier alpha value is -4.53. The van der Waals surface area contributed by atoms with Crippen LogP contribution in [0.1, 0.15) is 30.0 Å². The van der Waals surface area contributed by atoms with Crippen molar-refractivity contribution >= 4 is 39.2 Å². The summed E-state index contributed by atoms with van der Waals surface area (Å²) in [6, 6.07) is 28.8. The number of allylic oxidation sites excluding steroid dienone is 1. The topological polar surface area (TPSA) is 107 Å². The summed E-state index contributed by atoms with van der Waals surface area (Å²) in [6.07, 6.45) is 1.23. The van der Waals surface area contributed by atoms with Crippen LogP contribution in [0.3, 0.4) is 0 Å². The molecule has 2 aliphatic rings. The van der Waals surface area contributed by atoms with E-state index < -0.39 is 16.8 Å². The largest absolute Gasteiger partial charge is 0.463 e. The summed E-state index contributed by atoms with van der Waals surface area (Å²) in [7, 11) is 0. The van der Waals surface area contributed by atoms with Gasteiger partial charge in [-0.3, -0.25) is 9.79 Å². The van der Waals surface area contributed by atoms with E-state index in [1.807, 2.05) is 66.7 Å². The SMILES string of the molecule is CCOC(=O)/C=C1/CC2(C(=O)N(Cc3ccccc3)c3cc(Br)ccc32)C(C#N)(C#N)C1=NCc1ccccc1. The lowest BCUT2D eigenvalue weighted by atomic mass is 9.63. The predicted molar refractivity (Wildman–Crippen MR) is 154 cm³/mol. The van der Waals surface area contributed by atoms with E-state index in [9.17, 15) is 20.1 Å². The third-order valence-corrected chi connectivity index (χ3v) is 7.93. The predicted octanol–water partition coefficient (Wildman–Crippen LogP) is 5.80.